The summed E-state index contributed by atoms with van der Waals surface area (Å²) in [6.45, 7) is 8.42. The van der Waals surface area contributed by atoms with E-state index in [1.165, 1.54) is 33.4 Å². The van der Waals surface area contributed by atoms with Crippen LogP contribution in [-0.2, 0) is 0 Å². The number of rotatable bonds is 1. The molecule has 0 heterocycles. The van der Waals surface area contributed by atoms with Crippen molar-refractivity contribution in [2.75, 3.05) is 11.5 Å². The first-order valence-electron chi connectivity index (χ1n) is 6.15. The summed E-state index contributed by atoms with van der Waals surface area (Å²) in [7, 11) is 0. The van der Waals surface area contributed by atoms with E-state index in [1.54, 1.807) is 0 Å². The first-order valence-corrected chi connectivity index (χ1v) is 6.15. The lowest BCUT2D eigenvalue weighted by Crippen LogP contribution is -2.02. The minimum absolute atomic E-state index is 0. The summed E-state index contributed by atoms with van der Waals surface area (Å²) in [5.74, 6) is 0. The van der Waals surface area contributed by atoms with Gasteiger partial charge in [-0.3, -0.25) is 0 Å². The summed E-state index contributed by atoms with van der Waals surface area (Å²) in [4.78, 5) is 0. The van der Waals surface area contributed by atoms with Gasteiger partial charge >= 0.3 is 0 Å². The van der Waals surface area contributed by atoms with Gasteiger partial charge < -0.3 is 16.9 Å². The molecule has 2 aromatic carbocycles. The van der Waals surface area contributed by atoms with Gasteiger partial charge in [0.2, 0.25) is 0 Å². The topological polar surface area (TPSA) is 83.5 Å². The van der Waals surface area contributed by atoms with Gasteiger partial charge in [0.1, 0.15) is 0 Å². The van der Waals surface area contributed by atoms with Crippen molar-refractivity contribution in [1.29, 1.82) is 0 Å². The van der Waals surface area contributed by atoms with Gasteiger partial charge in [-0.25, -0.2) is 0 Å². The molecule has 21 heavy (non-hydrogen) atoms. The van der Waals surface area contributed by atoms with Crippen LogP contribution in [0.4, 0.5) is 11.4 Å². The third-order valence-corrected chi connectivity index (χ3v) is 3.88. The molecule has 0 fully saturated rings. The lowest BCUT2D eigenvalue weighted by Gasteiger charge is -2.18. The highest BCUT2D eigenvalue weighted by molar-refractivity contribution is 5.85. The number of benzene rings is 2. The summed E-state index contributed by atoms with van der Waals surface area (Å²) in [6, 6.07) is 8.02. The molecule has 0 bridgehead atoms. The van der Waals surface area contributed by atoms with Crippen LogP contribution in [0.5, 0.6) is 0 Å². The predicted molar refractivity (Wildman–Crippen MR) is 97.8 cm³/mol. The maximum atomic E-state index is 6.13. The summed E-state index contributed by atoms with van der Waals surface area (Å²) in [6.07, 6.45) is 0. The third kappa shape index (κ3) is 3.82. The Hall–Kier alpha value is -1.42. The highest BCUT2D eigenvalue weighted by atomic mass is 35.5. The van der Waals surface area contributed by atoms with Crippen molar-refractivity contribution < 1.29 is 5.48 Å². The van der Waals surface area contributed by atoms with E-state index in [4.69, 9.17) is 11.5 Å². The summed E-state index contributed by atoms with van der Waals surface area (Å²) in [5.41, 5.74) is 20.9. The Morgan fingerprint density at radius 1 is 0.667 bits per heavy atom. The van der Waals surface area contributed by atoms with Crippen molar-refractivity contribution >= 4 is 36.2 Å². The lowest BCUT2D eigenvalue weighted by atomic mass is 9.88. The summed E-state index contributed by atoms with van der Waals surface area (Å²) in [5, 5.41) is 0. The molecule has 118 valence electrons. The molecule has 0 saturated carbocycles. The number of hydrogen-bond donors (Lipinski definition) is 2. The first kappa shape index (κ1) is 21.9. The summed E-state index contributed by atoms with van der Waals surface area (Å²) < 4.78 is 0. The molecule has 0 aliphatic heterocycles. The minimum Gasteiger partial charge on any atom is -0.412 e. The lowest BCUT2D eigenvalue weighted by molar-refractivity contribution is 0.824. The standard InChI is InChI=1S/C16H20N2.2ClH.H2O/c1-9-11(3)16(18)12(4)10(2)15(9)13-5-7-14(17)8-6-13;;;/h5-8H,17-18H2,1-4H3;2*1H;1H2. The maximum Gasteiger partial charge on any atom is 0.0379 e. The fourth-order valence-electron chi connectivity index (χ4n) is 2.42. The molecule has 0 aromatic heterocycles. The van der Waals surface area contributed by atoms with Crippen LogP contribution in [0.2, 0.25) is 0 Å². The van der Waals surface area contributed by atoms with Crippen LogP contribution in [0.3, 0.4) is 0 Å². The number of nitrogen functional groups attached to an aromatic ring is 2. The Morgan fingerprint density at radius 2 is 1.05 bits per heavy atom. The van der Waals surface area contributed by atoms with Gasteiger partial charge in [0.25, 0.3) is 0 Å². The first-order chi connectivity index (χ1) is 8.43. The Kier molecular flexibility index (Phi) is 8.46. The van der Waals surface area contributed by atoms with Gasteiger partial charge in [-0.15, -0.1) is 24.8 Å². The highest BCUT2D eigenvalue weighted by Gasteiger charge is 2.13. The zero-order chi connectivity index (χ0) is 13.4. The summed E-state index contributed by atoms with van der Waals surface area (Å²) >= 11 is 0. The van der Waals surface area contributed by atoms with E-state index < -0.39 is 0 Å². The van der Waals surface area contributed by atoms with Crippen LogP contribution in [-0.4, -0.2) is 5.48 Å². The smallest absolute Gasteiger partial charge is 0.0379 e. The molecule has 2 rings (SSSR count). The molecule has 2 aromatic rings. The molecule has 0 aliphatic rings. The van der Waals surface area contributed by atoms with Gasteiger partial charge in [0.15, 0.2) is 0 Å². The van der Waals surface area contributed by atoms with E-state index in [9.17, 15) is 0 Å². The molecular weight excluding hydrogens is 307 g/mol. The zero-order valence-corrected chi connectivity index (χ0v) is 14.4. The number of nitrogens with two attached hydrogens (primary N) is 2. The van der Waals surface area contributed by atoms with Crippen LogP contribution < -0.4 is 11.5 Å². The van der Waals surface area contributed by atoms with E-state index in [0.29, 0.717) is 0 Å². The number of hydrogen-bond acceptors (Lipinski definition) is 2. The molecule has 0 spiro atoms. The largest absolute Gasteiger partial charge is 0.412 e. The second kappa shape index (κ2) is 8.13. The fraction of sp³-hybridized carbons (Fsp3) is 0.250. The van der Waals surface area contributed by atoms with Crippen molar-refractivity contribution in [3.63, 3.8) is 0 Å². The van der Waals surface area contributed by atoms with Gasteiger partial charge in [-0.2, -0.15) is 0 Å². The molecule has 0 atom stereocenters. The highest BCUT2D eigenvalue weighted by Crippen LogP contribution is 2.35. The Labute approximate surface area is 138 Å². The van der Waals surface area contributed by atoms with Gasteiger partial charge in [-0.1, -0.05) is 12.1 Å². The van der Waals surface area contributed by atoms with Crippen molar-refractivity contribution in [1.82, 2.24) is 0 Å². The molecule has 3 nitrogen and oxygen atoms in total. The van der Waals surface area contributed by atoms with E-state index >= 15 is 0 Å². The number of anilines is 2. The van der Waals surface area contributed by atoms with Crippen LogP contribution in [0.1, 0.15) is 22.3 Å². The van der Waals surface area contributed by atoms with Crippen molar-refractivity contribution in [3.8, 4) is 11.1 Å². The second-order valence-corrected chi connectivity index (χ2v) is 4.91. The molecule has 0 unspecified atom stereocenters. The van der Waals surface area contributed by atoms with Gasteiger partial charge in [0.05, 0.1) is 0 Å². The van der Waals surface area contributed by atoms with E-state index in [-0.39, 0.29) is 30.3 Å². The quantitative estimate of drug-likeness (QED) is 0.780. The van der Waals surface area contributed by atoms with E-state index in [2.05, 4.69) is 39.8 Å². The van der Waals surface area contributed by atoms with Crippen molar-refractivity contribution in [3.05, 3.63) is 46.5 Å². The Bertz CT molecular complexity index is 582. The third-order valence-electron chi connectivity index (χ3n) is 3.88. The molecule has 0 saturated heterocycles. The maximum absolute atomic E-state index is 6.13. The second-order valence-electron chi connectivity index (χ2n) is 4.91. The minimum atomic E-state index is 0. The molecule has 0 amide bonds. The molecule has 0 radical (unpaired) electrons. The normalized spacial score (nSPS) is 9.14. The zero-order valence-electron chi connectivity index (χ0n) is 12.8. The van der Waals surface area contributed by atoms with Gasteiger partial charge in [0, 0.05) is 11.4 Å². The number of halogens is 2. The van der Waals surface area contributed by atoms with Gasteiger partial charge in [-0.05, 0) is 73.2 Å². The van der Waals surface area contributed by atoms with Crippen molar-refractivity contribution in [2.45, 2.75) is 27.7 Å². The molecule has 0 aliphatic carbocycles. The Morgan fingerprint density at radius 3 is 1.43 bits per heavy atom. The molecule has 6 N–H and O–H groups in total. The van der Waals surface area contributed by atoms with E-state index in [0.717, 1.165) is 11.4 Å². The van der Waals surface area contributed by atoms with Crippen LogP contribution in [0, 0.1) is 27.7 Å². The Balaban J connectivity index is 0. The van der Waals surface area contributed by atoms with Crippen molar-refractivity contribution in [2.24, 2.45) is 0 Å². The predicted octanol–water partition coefficient (Wildman–Crippen LogP) is 3.77. The SMILES string of the molecule is Cc1c(C)c(-c2ccc(N)cc2)c(C)c(C)c1N.Cl.Cl.O. The average molecular weight is 331 g/mol. The molecule has 5 heteroatoms. The van der Waals surface area contributed by atoms with Crippen LogP contribution >= 0.6 is 24.8 Å². The fourth-order valence-corrected chi connectivity index (χ4v) is 2.42. The molecular formula is C16H24Cl2N2O. The monoisotopic (exact) mass is 330 g/mol. The van der Waals surface area contributed by atoms with Crippen LogP contribution in [0.15, 0.2) is 24.3 Å². The van der Waals surface area contributed by atoms with Crippen LogP contribution in [0.25, 0.3) is 11.1 Å². The van der Waals surface area contributed by atoms with E-state index in [1.807, 2.05) is 12.1 Å². The average Bonchev–Trinajstić information content (AvgIpc) is 2.36.